The van der Waals surface area contributed by atoms with E-state index < -0.39 is 11.6 Å². The number of carbonyl (C=O) groups excluding carboxylic acids is 1. The van der Waals surface area contributed by atoms with Crippen LogP contribution in [-0.2, 0) is 13.1 Å². The molecule has 162 valence electrons. The Morgan fingerprint density at radius 1 is 1.13 bits per heavy atom. The highest BCUT2D eigenvalue weighted by molar-refractivity contribution is 5.74. The van der Waals surface area contributed by atoms with Gasteiger partial charge >= 0.3 is 6.03 Å². The zero-order valence-corrected chi connectivity index (χ0v) is 17.5. The molecule has 0 spiro atoms. The summed E-state index contributed by atoms with van der Waals surface area (Å²) in [7, 11) is 2.06. The summed E-state index contributed by atoms with van der Waals surface area (Å²) < 4.78 is 33.0. The fraction of sp³-hybridized carbons (Fsp3) is 0.435. The molecule has 5 nitrogen and oxygen atoms in total. The zero-order chi connectivity index (χ0) is 21.5. The fourth-order valence-corrected chi connectivity index (χ4v) is 3.55. The largest absolute Gasteiger partial charge is 0.494 e. The predicted octanol–water partition coefficient (Wildman–Crippen LogP) is 4.17. The van der Waals surface area contributed by atoms with Crippen molar-refractivity contribution in [3.05, 3.63) is 65.2 Å². The third-order valence-electron chi connectivity index (χ3n) is 5.32. The van der Waals surface area contributed by atoms with Crippen molar-refractivity contribution in [2.24, 2.45) is 0 Å². The highest BCUT2D eigenvalue weighted by Gasteiger charge is 2.23. The van der Waals surface area contributed by atoms with Crippen molar-refractivity contribution < 1.29 is 18.3 Å². The van der Waals surface area contributed by atoms with Crippen molar-refractivity contribution in [3.8, 4) is 5.75 Å². The SMILES string of the molecule is CCOc1ccc(CN(Cc2ccc(F)cc2F)C(=O)NC2CCN(C)CC2)cc1. The molecule has 1 heterocycles. The monoisotopic (exact) mass is 417 g/mol. The molecule has 1 saturated heterocycles. The minimum absolute atomic E-state index is 0.0534. The van der Waals surface area contributed by atoms with E-state index >= 15 is 0 Å². The fourth-order valence-electron chi connectivity index (χ4n) is 3.55. The van der Waals surface area contributed by atoms with E-state index in [4.69, 9.17) is 4.74 Å². The molecule has 0 unspecified atom stereocenters. The van der Waals surface area contributed by atoms with Gasteiger partial charge in [0, 0.05) is 24.2 Å². The van der Waals surface area contributed by atoms with Crippen molar-refractivity contribution in [1.82, 2.24) is 15.1 Å². The molecule has 30 heavy (non-hydrogen) atoms. The zero-order valence-electron chi connectivity index (χ0n) is 17.5. The van der Waals surface area contributed by atoms with Crippen LogP contribution >= 0.6 is 0 Å². The first-order valence-electron chi connectivity index (χ1n) is 10.3. The average molecular weight is 418 g/mol. The summed E-state index contributed by atoms with van der Waals surface area (Å²) in [5.74, 6) is -0.531. The summed E-state index contributed by atoms with van der Waals surface area (Å²) in [6.07, 6.45) is 1.76. The Bertz CT molecular complexity index is 837. The summed E-state index contributed by atoms with van der Waals surface area (Å²) in [6, 6.07) is 10.8. The summed E-state index contributed by atoms with van der Waals surface area (Å²) in [6.45, 7) is 4.71. The standard InChI is InChI=1S/C23H29F2N3O2/c1-3-30-21-8-4-17(5-9-21)15-28(16-18-6-7-19(24)14-22(18)25)23(29)26-20-10-12-27(2)13-11-20/h4-9,14,20H,3,10-13,15-16H2,1-2H3,(H,26,29). The lowest BCUT2D eigenvalue weighted by Gasteiger charge is -2.32. The molecule has 0 atom stereocenters. The molecule has 1 aliphatic rings. The van der Waals surface area contributed by atoms with Crippen molar-refractivity contribution in [2.75, 3.05) is 26.7 Å². The second-order valence-corrected chi connectivity index (χ2v) is 7.70. The quantitative estimate of drug-likeness (QED) is 0.736. The molecule has 0 aliphatic carbocycles. The first-order chi connectivity index (χ1) is 14.4. The van der Waals surface area contributed by atoms with Crippen molar-refractivity contribution in [3.63, 3.8) is 0 Å². The number of carbonyl (C=O) groups is 1. The molecular formula is C23H29F2N3O2. The van der Waals surface area contributed by atoms with E-state index in [9.17, 15) is 13.6 Å². The Labute approximate surface area is 176 Å². The number of hydrogen-bond donors (Lipinski definition) is 1. The van der Waals surface area contributed by atoms with Gasteiger partial charge in [-0.25, -0.2) is 13.6 Å². The van der Waals surface area contributed by atoms with E-state index in [1.807, 2.05) is 31.2 Å². The lowest BCUT2D eigenvalue weighted by atomic mass is 10.1. The van der Waals surface area contributed by atoms with Gasteiger partial charge in [0.1, 0.15) is 17.4 Å². The molecule has 0 radical (unpaired) electrons. The summed E-state index contributed by atoms with van der Waals surface area (Å²) >= 11 is 0. The highest BCUT2D eigenvalue weighted by atomic mass is 19.1. The van der Waals surface area contributed by atoms with E-state index in [1.54, 1.807) is 4.90 Å². The van der Waals surface area contributed by atoms with Gasteiger partial charge in [-0.3, -0.25) is 0 Å². The smallest absolute Gasteiger partial charge is 0.318 e. The Morgan fingerprint density at radius 2 is 1.83 bits per heavy atom. The highest BCUT2D eigenvalue weighted by Crippen LogP contribution is 2.18. The van der Waals surface area contributed by atoms with Crippen LogP contribution in [0, 0.1) is 11.6 Å². The molecule has 2 aromatic carbocycles. The lowest BCUT2D eigenvalue weighted by Crippen LogP contribution is -2.48. The lowest BCUT2D eigenvalue weighted by molar-refractivity contribution is 0.175. The van der Waals surface area contributed by atoms with Crippen LogP contribution in [0.1, 0.15) is 30.9 Å². The molecule has 3 rings (SSSR count). The number of hydrogen-bond acceptors (Lipinski definition) is 3. The van der Waals surface area contributed by atoms with Crippen LogP contribution < -0.4 is 10.1 Å². The number of nitrogens with one attached hydrogen (secondary N) is 1. The summed E-state index contributed by atoms with van der Waals surface area (Å²) in [4.78, 5) is 16.8. The van der Waals surface area contributed by atoms with Crippen LogP contribution in [0.25, 0.3) is 0 Å². The Balaban J connectivity index is 1.73. The van der Waals surface area contributed by atoms with E-state index in [0.717, 1.165) is 43.3 Å². The predicted molar refractivity (Wildman–Crippen MR) is 112 cm³/mol. The van der Waals surface area contributed by atoms with Crippen molar-refractivity contribution >= 4 is 6.03 Å². The average Bonchev–Trinajstić information content (AvgIpc) is 2.72. The maximum atomic E-state index is 14.2. The summed E-state index contributed by atoms with van der Waals surface area (Å²) in [5, 5.41) is 3.08. The van der Waals surface area contributed by atoms with Gasteiger partial charge in [0.25, 0.3) is 0 Å². The molecular weight excluding hydrogens is 388 g/mol. The maximum Gasteiger partial charge on any atom is 0.318 e. The van der Waals surface area contributed by atoms with Crippen molar-refractivity contribution in [2.45, 2.75) is 38.9 Å². The van der Waals surface area contributed by atoms with Crippen LogP contribution in [0.2, 0.25) is 0 Å². The number of benzene rings is 2. The van der Waals surface area contributed by atoms with E-state index in [0.29, 0.717) is 13.2 Å². The first-order valence-corrected chi connectivity index (χ1v) is 10.3. The number of piperidine rings is 1. The Morgan fingerprint density at radius 3 is 2.47 bits per heavy atom. The molecule has 0 bridgehead atoms. The molecule has 0 aromatic heterocycles. The number of halogens is 2. The summed E-state index contributed by atoms with van der Waals surface area (Å²) in [5.41, 5.74) is 1.18. The van der Waals surface area contributed by atoms with Gasteiger partial charge in [-0.15, -0.1) is 0 Å². The van der Waals surface area contributed by atoms with Crippen molar-refractivity contribution in [1.29, 1.82) is 0 Å². The molecule has 7 heteroatoms. The normalized spacial score (nSPS) is 15.1. The molecule has 0 saturated carbocycles. The minimum Gasteiger partial charge on any atom is -0.494 e. The molecule has 1 fully saturated rings. The molecule has 1 N–H and O–H groups in total. The van der Waals surface area contributed by atoms with Crippen LogP contribution in [0.4, 0.5) is 13.6 Å². The van der Waals surface area contributed by atoms with Crippen LogP contribution in [-0.4, -0.2) is 48.6 Å². The van der Waals surface area contributed by atoms with E-state index in [-0.39, 0.29) is 24.2 Å². The van der Waals surface area contributed by atoms with Gasteiger partial charge in [-0.1, -0.05) is 18.2 Å². The van der Waals surface area contributed by atoms with Gasteiger partial charge in [0.15, 0.2) is 0 Å². The number of amides is 2. The number of likely N-dealkylation sites (tertiary alicyclic amines) is 1. The number of ether oxygens (including phenoxy) is 1. The third-order valence-corrected chi connectivity index (χ3v) is 5.32. The Hall–Kier alpha value is -2.67. The third kappa shape index (κ3) is 6.16. The number of rotatable bonds is 7. The Kier molecular flexibility index (Phi) is 7.63. The second-order valence-electron chi connectivity index (χ2n) is 7.70. The first kappa shape index (κ1) is 22.0. The molecule has 2 aromatic rings. The maximum absolute atomic E-state index is 14.2. The topological polar surface area (TPSA) is 44.8 Å². The van der Waals surface area contributed by atoms with E-state index in [1.165, 1.54) is 12.1 Å². The van der Waals surface area contributed by atoms with Crippen LogP contribution in [0.5, 0.6) is 5.75 Å². The number of urea groups is 1. The second kappa shape index (κ2) is 10.4. The van der Waals surface area contributed by atoms with Gasteiger partial charge < -0.3 is 19.9 Å². The molecule has 1 aliphatic heterocycles. The van der Waals surface area contributed by atoms with Gasteiger partial charge in [-0.05, 0) is 63.7 Å². The van der Waals surface area contributed by atoms with Gasteiger partial charge in [-0.2, -0.15) is 0 Å². The minimum atomic E-state index is -0.654. The van der Waals surface area contributed by atoms with E-state index in [2.05, 4.69) is 17.3 Å². The van der Waals surface area contributed by atoms with Gasteiger partial charge in [0.2, 0.25) is 0 Å². The number of nitrogens with zero attached hydrogens (tertiary/aromatic N) is 2. The van der Waals surface area contributed by atoms with Gasteiger partial charge in [0.05, 0.1) is 13.2 Å². The molecule has 2 amide bonds. The van der Waals surface area contributed by atoms with Crippen LogP contribution in [0.15, 0.2) is 42.5 Å². The van der Waals surface area contributed by atoms with Crippen LogP contribution in [0.3, 0.4) is 0 Å².